The maximum Gasteiger partial charge on any atom is 0.119 e. The molecule has 0 heterocycles. The fourth-order valence-electron chi connectivity index (χ4n) is 2.48. The smallest absolute Gasteiger partial charge is 0.119 e. The molecule has 96 valence electrons. The molecule has 3 heteroatoms. The Bertz CT molecular complexity index is 335. The molecule has 0 amide bonds. The summed E-state index contributed by atoms with van der Waals surface area (Å²) >= 11 is 0. The molecular weight excluding hydrogens is 278 g/mol. The van der Waals surface area contributed by atoms with E-state index in [1.807, 2.05) is 13.0 Å². The molecule has 1 fully saturated rings. The number of ether oxygens (including phenoxy) is 1. The molecule has 0 spiro atoms. The number of hydrogen-bond acceptors (Lipinski definition) is 2. The largest absolute Gasteiger partial charge is 0.494 e. The summed E-state index contributed by atoms with van der Waals surface area (Å²) in [4.78, 5) is 0. The highest BCUT2D eigenvalue weighted by Crippen LogP contribution is 2.33. The lowest BCUT2D eigenvalue weighted by molar-refractivity contribution is 0.338. The number of rotatable bonds is 3. The fourth-order valence-corrected chi connectivity index (χ4v) is 2.48. The molecule has 2 N–H and O–H groups in total. The Morgan fingerprint density at radius 3 is 2.59 bits per heavy atom. The van der Waals surface area contributed by atoms with Gasteiger partial charge in [-0.3, -0.25) is 0 Å². The molecule has 1 aromatic rings. The van der Waals surface area contributed by atoms with E-state index < -0.39 is 0 Å². The third-order valence-corrected chi connectivity index (χ3v) is 3.41. The van der Waals surface area contributed by atoms with Crippen molar-refractivity contribution in [2.24, 2.45) is 5.73 Å². The van der Waals surface area contributed by atoms with Crippen LogP contribution in [0.3, 0.4) is 0 Å². The maximum absolute atomic E-state index is 5.93. The van der Waals surface area contributed by atoms with Crippen LogP contribution in [0.2, 0.25) is 0 Å². The molecule has 2 nitrogen and oxygen atoms in total. The van der Waals surface area contributed by atoms with Crippen molar-refractivity contribution in [1.82, 2.24) is 0 Å². The van der Waals surface area contributed by atoms with Crippen LogP contribution < -0.4 is 10.5 Å². The van der Waals surface area contributed by atoms with Crippen molar-refractivity contribution in [1.29, 1.82) is 0 Å². The van der Waals surface area contributed by atoms with Crippen molar-refractivity contribution in [3.05, 3.63) is 29.8 Å². The highest BCUT2D eigenvalue weighted by atomic mass is 79.9. The Hall–Kier alpha value is -0.540. The standard InChI is InChI=1S/C14H21NO.BrH/c1-2-16-14-5-3-4-12(10-14)11-6-8-13(15)9-7-11;/h3-5,10-11,13H,2,6-9,15H2,1H3;1H. The van der Waals surface area contributed by atoms with Gasteiger partial charge in [-0.05, 0) is 56.2 Å². The van der Waals surface area contributed by atoms with Gasteiger partial charge >= 0.3 is 0 Å². The van der Waals surface area contributed by atoms with Gasteiger partial charge < -0.3 is 10.5 Å². The first-order valence-electron chi connectivity index (χ1n) is 6.28. The molecule has 0 bridgehead atoms. The lowest BCUT2D eigenvalue weighted by Gasteiger charge is -2.26. The quantitative estimate of drug-likeness (QED) is 0.925. The SMILES string of the molecule is Br.CCOc1cccc(C2CCC(N)CC2)c1. The van der Waals surface area contributed by atoms with Gasteiger partial charge in [0, 0.05) is 6.04 Å². The van der Waals surface area contributed by atoms with Crippen molar-refractivity contribution < 1.29 is 4.74 Å². The second-order valence-corrected chi connectivity index (χ2v) is 4.62. The van der Waals surface area contributed by atoms with E-state index in [0.717, 1.165) is 25.2 Å². The van der Waals surface area contributed by atoms with Crippen molar-refractivity contribution in [3.8, 4) is 5.75 Å². The summed E-state index contributed by atoms with van der Waals surface area (Å²) < 4.78 is 5.53. The predicted molar refractivity (Wildman–Crippen MR) is 77.1 cm³/mol. The van der Waals surface area contributed by atoms with Crippen LogP contribution in [0, 0.1) is 0 Å². The molecule has 0 saturated heterocycles. The molecule has 0 atom stereocenters. The van der Waals surface area contributed by atoms with Crippen molar-refractivity contribution >= 4 is 17.0 Å². The topological polar surface area (TPSA) is 35.2 Å². The van der Waals surface area contributed by atoms with Gasteiger partial charge in [0.25, 0.3) is 0 Å². The number of halogens is 1. The molecule has 0 aromatic heterocycles. The van der Waals surface area contributed by atoms with E-state index in [9.17, 15) is 0 Å². The Labute approximate surface area is 114 Å². The van der Waals surface area contributed by atoms with Crippen LogP contribution >= 0.6 is 17.0 Å². The summed E-state index contributed by atoms with van der Waals surface area (Å²) in [5.41, 5.74) is 7.34. The third kappa shape index (κ3) is 4.00. The van der Waals surface area contributed by atoms with Gasteiger partial charge in [-0.25, -0.2) is 0 Å². The van der Waals surface area contributed by atoms with Crippen molar-refractivity contribution in [3.63, 3.8) is 0 Å². The molecule has 2 rings (SSSR count). The molecule has 1 saturated carbocycles. The molecule has 1 aliphatic rings. The fraction of sp³-hybridized carbons (Fsp3) is 0.571. The van der Waals surface area contributed by atoms with Gasteiger partial charge in [0.05, 0.1) is 6.61 Å². The molecule has 0 unspecified atom stereocenters. The van der Waals surface area contributed by atoms with E-state index in [0.29, 0.717) is 12.0 Å². The zero-order chi connectivity index (χ0) is 11.4. The van der Waals surface area contributed by atoms with E-state index in [-0.39, 0.29) is 17.0 Å². The number of hydrogen-bond donors (Lipinski definition) is 1. The van der Waals surface area contributed by atoms with Crippen LogP contribution in [0.25, 0.3) is 0 Å². The van der Waals surface area contributed by atoms with Crippen LogP contribution in [0.4, 0.5) is 0 Å². The Morgan fingerprint density at radius 1 is 1.24 bits per heavy atom. The van der Waals surface area contributed by atoms with Gasteiger partial charge in [-0.15, -0.1) is 17.0 Å². The van der Waals surface area contributed by atoms with Crippen LogP contribution in [0.15, 0.2) is 24.3 Å². The molecule has 1 aliphatic carbocycles. The van der Waals surface area contributed by atoms with E-state index in [1.165, 1.54) is 18.4 Å². The van der Waals surface area contributed by atoms with Crippen LogP contribution in [-0.4, -0.2) is 12.6 Å². The Kier molecular flexibility index (Phi) is 6.00. The van der Waals surface area contributed by atoms with Crippen molar-refractivity contribution in [2.75, 3.05) is 6.61 Å². The van der Waals surface area contributed by atoms with Crippen LogP contribution in [0.5, 0.6) is 5.75 Å². The zero-order valence-corrected chi connectivity index (χ0v) is 12.1. The van der Waals surface area contributed by atoms with Gasteiger partial charge in [-0.2, -0.15) is 0 Å². The minimum absolute atomic E-state index is 0. The minimum Gasteiger partial charge on any atom is -0.494 e. The average molecular weight is 300 g/mol. The highest BCUT2D eigenvalue weighted by molar-refractivity contribution is 8.93. The summed E-state index contributed by atoms with van der Waals surface area (Å²) in [7, 11) is 0. The summed E-state index contributed by atoms with van der Waals surface area (Å²) in [6.45, 7) is 2.76. The second-order valence-electron chi connectivity index (χ2n) is 4.62. The summed E-state index contributed by atoms with van der Waals surface area (Å²) in [5, 5.41) is 0. The second kappa shape index (κ2) is 7.02. The normalized spacial score (nSPS) is 23.9. The molecule has 0 radical (unpaired) electrons. The minimum atomic E-state index is 0. The average Bonchev–Trinajstić information content (AvgIpc) is 2.31. The first-order chi connectivity index (χ1) is 7.79. The molecule has 17 heavy (non-hydrogen) atoms. The van der Waals surface area contributed by atoms with Crippen LogP contribution in [0.1, 0.15) is 44.1 Å². The number of benzene rings is 1. The van der Waals surface area contributed by atoms with Gasteiger partial charge in [0.1, 0.15) is 5.75 Å². The van der Waals surface area contributed by atoms with E-state index in [1.54, 1.807) is 0 Å². The lowest BCUT2D eigenvalue weighted by atomic mass is 9.82. The summed E-state index contributed by atoms with van der Waals surface area (Å²) in [6, 6.07) is 8.94. The van der Waals surface area contributed by atoms with E-state index in [4.69, 9.17) is 10.5 Å². The van der Waals surface area contributed by atoms with Gasteiger partial charge in [0.15, 0.2) is 0 Å². The Morgan fingerprint density at radius 2 is 1.94 bits per heavy atom. The summed E-state index contributed by atoms with van der Waals surface area (Å²) in [5.74, 6) is 1.68. The maximum atomic E-state index is 5.93. The van der Waals surface area contributed by atoms with Crippen molar-refractivity contribution in [2.45, 2.75) is 44.6 Å². The lowest BCUT2D eigenvalue weighted by Crippen LogP contribution is -2.25. The Balaban J connectivity index is 0.00000144. The monoisotopic (exact) mass is 299 g/mol. The molecular formula is C14H22BrNO. The van der Waals surface area contributed by atoms with Gasteiger partial charge in [-0.1, -0.05) is 12.1 Å². The molecule has 0 aliphatic heterocycles. The van der Waals surface area contributed by atoms with Crippen LogP contribution in [-0.2, 0) is 0 Å². The van der Waals surface area contributed by atoms with E-state index in [2.05, 4.69) is 18.2 Å². The highest BCUT2D eigenvalue weighted by Gasteiger charge is 2.20. The van der Waals surface area contributed by atoms with Gasteiger partial charge in [0.2, 0.25) is 0 Å². The third-order valence-electron chi connectivity index (χ3n) is 3.41. The number of nitrogens with two attached hydrogens (primary N) is 1. The van der Waals surface area contributed by atoms with E-state index >= 15 is 0 Å². The first kappa shape index (κ1) is 14.5. The predicted octanol–water partition coefficient (Wildman–Crippen LogP) is 3.65. The first-order valence-corrected chi connectivity index (χ1v) is 6.28. The molecule has 1 aromatic carbocycles. The summed E-state index contributed by atoms with van der Waals surface area (Å²) in [6.07, 6.45) is 4.75. The zero-order valence-electron chi connectivity index (χ0n) is 10.4.